The molecule has 1 saturated carbocycles. The summed E-state index contributed by atoms with van der Waals surface area (Å²) in [4.78, 5) is 20.6. The van der Waals surface area contributed by atoms with Crippen molar-refractivity contribution in [2.75, 3.05) is 24.7 Å². The van der Waals surface area contributed by atoms with E-state index in [1.54, 1.807) is 13.0 Å². The molecule has 1 saturated heterocycles. The van der Waals surface area contributed by atoms with Gasteiger partial charge < -0.3 is 10.4 Å². The van der Waals surface area contributed by atoms with Gasteiger partial charge in [-0.3, -0.25) is 9.36 Å². The number of aromatic nitrogens is 3. The zero-order valence-corrected chi connectivity index (χ0v) is 17.8. The summed E-state index contributed by atoms with van der Waals surface area (Å²) in [7, 11) is -3.20. The maximum atomic E-state index is 14.2. The molecule has 2 aliphatic rings. The van der Waals surface area contributed by atoms with Crippen LogP contribution in [-0.4, -0.2) is 63.4 Å². The Balaban J connectivity index is 1.65. The SMILES string of the molecule is C[C@@]1(O)CCC[C@H]1n1c(=O)c(F)nc2cnc(NC3CCN(S(C)(=O)=O)CC3)cc21. The molecule has 1 aliphatic carbocycles. The molecule has 0 spiro atoms. The van der Waals surface area contributed by atoms with E-state index >= 15 is 0 Å². The van der Waals surface area contributed by atoms with E-state index < -0.39 is 33.2 Å². The molecule has 3 heterocycles. The van der Waals surface area contributed by atoms with E-state index in [1.807, 2.05) is 0 Å². The van der Waals surface area contributed by atoms with Crippen LogP contribution in [0.15, 0.2) is 17.1 Å². The minimum atomic E-state index is -3.20. The Morgan fingerprint density at radius 3 is 2.60 bits per heavy atom. The summed E-state index contributed by atoms with van der Waals surface area (Å²) in [5, 5.41) is 14.0. The number of nitrogens with one attached hydrogen (secondary N) is 1. The van der Waals surface area contributed by atoms with Gasteiger partial charge in [0.1, 0.15) is 11.3 Å². The zero-order valence-electron chi connectivity index (χ0n) is 17.0. The largest absolute Gasteiger partial charge is 0.388 e. The van der Waals surface area contributed by atoms with Crippen LogP contribution < -0.4 is 10.9 Å². The number of sulfonamides is 1. The van der Waals surface area contributed by atoms with Crippen molar-refractivity contribution >= 4 is 26.9 Å². The Morgan fingerprint density at radius 1 is 1.30 bits per heavy atom. The van der Waals surface area contributed by atoms with Crippen LogP contribution in [0, 0.1) is 5.95 Å². The maximum Gasteiger partial charge on any atom is 0.306 e. The van der Waals surface area contributed by atoms with Gasteiger partial charge in [0.15, 0.2) is 0 Å². The summed E-state index contributed by atoms with van der Waals surface area (Å²) >= 11 is 0. The first-order valence-corrected chi connectivity index (χ1v) is 11.9. The van der Waals surface area contributed by atoms with E-state index in [0.717, 1.165) is 6.42 Å². The van der Waals surface area contributed by atoms with Gasteiger partial charge >= 0.3 is 5.56 Å². The highest BCUT2D eigenvalue weighted by Gasteiger charge is 2.39. The molecule has 2 atom stereocenters. The van der Waals surface area contributed by atoms with Crippen molar-refractivity contribution in [3.05, 3.63) is 28.6 Å². The number of aliphatic hydroxyl groups is 1. The van der Waals surface area contributed by atoms with E-state index in [0.29, 0.717) is 50.1 Å². The third-order valence-corrected chi connectivity index (χ3v) is 7.50. The van der Waals surface area contributed by atoms with Crippen LogP contribution in [0.25, 0.3) is 11.0 Å². The standard InChI is InChI=1S/C19H26FN5O4S/c1-19(27)7-3-4-15(19)25-14-10-16(21-11-13(14)23-17(20)18(25)26)22-12-5-8-24(9-6-12)30(2,28)29/h10-12,15,27H,3-9H2,1-2H3,(H,21,22)/t15-,19-/m1/s1. The first-order chi connectivity index (χ1) is 14.1. The molecule has 11 heteroatoms. The summed E-state index contributed by atoms with van der Waals surface area (Å²) in [6, 6.07) is 1.13. The van der Waals surface area contributed by atoms with Crippen molar-refractivity contribution in [1.29, 1.82) is 0 Å². The average molecular weight is 440 g/mol. The highest BCUT2D eigenvalue weighted by Crippen LogP contribution is 2.39. The van der Waals surface area contributed by atoms with E-state index in [9.17, 15) is 22.7 Å². The van der Waals surface area contributed by atoms with Crippen LogP contribution >= 0.6 is 0 Å². The minimum absolute atomic E-state index is 0.0242. The topological polar surface area (TPSA) is 117 Å². The van der Waals surface area contributed by atoms with E-state index in [4.69, 9.17) is 0 Å². The normalized spacial score (nSPS) is 26.3. The highest BCUT2D eigenvalue weighted by molar-refractivity contribution is 7.88. The van der Waals surface area contributed by atoms with Crippen LogP contribution in [-0.2, 0) is 10.0 Å². The summed E-state index contributed by atoms with van der Waals surface area (Å²) < 4.78 is 40.3. The molecule has 4 rings (SSSR count). The molecular formula is C19H26FN5O4S. The second-order valence-electron chi connectivity index (χ2n) is 8.48. The Hall–Kier alpha value is -2.11. The van der Waals surface area contributed by atoms with Gasteiger partial charge in [-0.2, -0.15) is 4.39 Å². The fourth-order valence-electron chi connectivity index (χ4n) is 4.55. The molecule has 30 heavy (non-hydrogen) atoms. The molecule has 0 unspecified atom stereocenters. The van der Waals surface area contributed by atoms with Crippen molar-refractivity contribution < 1.29 is 17.9 Å². The van der Waals surface area contributed by atoms with Crippen molar-refractivity contribution in [3.63, 3.8) is 0 Å². The number of fused-ring (bicyclic) bond motifs is 1. The number of anilines is 1. The molecule has 2 N–H and O–H groups in total. The van der Waals surface area contributed by atoms with Gasteiger partial charge in [-0.1, -0.05) is 0 Å². The summed E-state index contributed by atoms with van der Waals surface area (Å²) in [6.45, 7) is 2.51. The molecule has 0 amide bonds. The fraction of sp³-hybridized carbons (Fsp3) is 0.632. The number of nitrogens with zero attached hydrogens (tertiary/aromatic N) is 4. The van der Waals surface area contributed by atoms with Crippen molar-refractivity contribution in [2.45, 2.75) is 56.7 Å². The molecule has 0 radical (unpaired) electrons. The molecule has 9 nitrogen and oxygen atoms in total. The Kier molecular flexibility index (Phi) is 5.31. The number of hydrogen-bond donors (Lipinski definition) is 2. The lowest BCUT2D eigenvalue weighted by molar-refractivity contribution is 0.0264. The predicted octanol–water partition coefficient (Wildman–Crippen LogP) is 1.24. The van der Waals surface area contributed by atoms with Crippen LogP contribution in [0.1, 0.15) is 45.1 Å². The zero-order chi connectivity index (χ0) is 21.7. The molecule has 2 aromatic heterocycles. The van der Waals surface area contributed by atoms with E-state index in [1.165, 1.54) is 21.3 Å². The molecular weight excluding hydrogens is 413 g/mol. The first kappa shape index (κ1) is 21.1. The van der Waals surface area contributed by atoms with Crippen LogP contribution in [0.3, 0.4) is 0 Å². The molecule has 2 fully saturated rings. The van der Waals surface area contributed by atoms with Gasteiger partial charge in [0, 0.05) is 25.2 Å². The van der Waals surface area contributed by atoms with Gasteiger partial charge in [-0.25, -0.2) is 22.7 Å². The van der Waals surface area contributed by atoms with Gasteiger partial charge in [0.05, 0.1) is 29.6 Å². The van der Waals surface area contributed by atoms with Gasteiger partial charge in [0.2, 0.25) is 10.0 Å². The minimum Gasteiger partial charge on any atom is -0.388 e. The summed E-state index contributed by atoms with van der Waals surface area (Å²) in [6.07, 6.45) is 5.70. The fourth-order valence-corrected chi connectivity index (χ4v) is 5.42. The van der Waals surface area contributed by atoms with E-state index in [-0.39, 0.29) is 11.6 Å². The lowest BCUT2D eigenvalue weighted by Gasteiger charge is -2.31. The maximum absolute atomic E-state index is 14.2. The number of rotatable bonds is 4. The third-order valence-electron chi connectivity index (χ3n) is 6.20. The van der Waals surface area contributed by atoms with Crippen LogP contribution in [0.5, 0.6) is 0 Å². The monoisotopic (exact) mass is 439 g/mol. The van der Waals surface area contributed by atoms with Gasteiger partial charge in [-0.05, 0) is 39.0 Å². The lowest BCUT2D eigenvalue weighted by Crippen LogP contribution is -2.42. The predicted molar refractivity (Wildman–Crippen MR) is 110 cm³/mol. The van der Waals surface area contributed by atoms with Crippen LogP contribution in [0.4, 0.5) is 10.2 Å². The van der Waals surface area contributed by atoms with E-state index in [2.05, 4.69) is 15.3 Å². The number of halogens is 1. The molecule has 0 bridgehead atoms. The quantitative estimate of drug-likeness (QED) is 0.736. The van der Waals surface area contributed by atoms with Gasteiger partial charge in [0.25, 0.3) is 5.95 Å². The van der Waals surface area contributed by atoms with Gasteiger partial charge in [-0.15, -0.1) is 0 Å². The highest BCUT2D eigenvalue weighted by atomic mass is 32.2. The Morgan fingerprint density at radius 2 is 2.00 bits per heavy atom. The lowest BCUT2D eigenvalue weighted by atomic mass is 10.00. The Labute approximate surface area is 174 Å². The van der Waals surface area contributed by atoms with Crippen molar-refractivity contribution in [2.24, 2.45) is 0 Å². The molecule has 2 aromatic rings. The average Bonchev–Trinajstić information content (AvgIpc) is 3.02. The summed E-state index contributed by atoms with van der Waals surface area (Å²) in [5.74, 6) is -0.611. The first-order valence-electron chi connectivity index (χ1n) is 10.1. The van der Waals surface area contributed by atoms with Crippen molar-refractivity contribution in [3.8, 4) is 0 Å². The second kappa shape index (κ2) is 7.54. The molecule has 0 aromatic carbocycles. The molecule has 1 aliphatic heterocycles. The smallest absolute Gasteiger partial charge is 0.306 e. The van der Waals surface area contributed by atoms with Crippen LogP contribution in [0.2, 0.25) is 0 Å². The Bertz CT molecular complexity index is 1130. The second-order valence-corrected chi connectivity index (χ2v) is 10.5. The number of pyridine rings is 1. The number of hydrogen-bond acceptors (Lipinski definition) is 7. The number of piperidine rings is 1. The third kappa shape index (κ3) is 3.93. The summed E-state index contributed by atoms with van der Waals surface area (Å²) in [5.41, 5.74) is -1.31. The molecule has 164 valence electrons. The van der Waals surface area contributed by atoms with Crippen molar-refractivity contribution in [1.82, 2.24) is 18.8 Å².